The van der Waals surface area contributed by atoms with Crippen molar-refractivity contribution in [3.8, 4) is 0 Å². The predicted octanol–water partition coefficient (Wildman–Crippen LogP) is 3.70. The average Bonchev–Trinajstić information content (AvgIpc) is 1.87. The number of alkyl halides is 1. The second kappa shape index (κ2) is 7.17. The molecule has 0 N–H and O–H groups in total. The lowest BCUT2D eigenvalue weighted by molar-refractivity contribution is 0.962. The lowest BCUT2D eigenvalue weighted by Crippen LogP contribution is -1.71. The highest BCUT2D eigenvalue weighted by Gasteiger charge is 1.81. The summed E-state index contributed by atoms with van der Waals surface area (Å²) in [6.45, 7) is 3.56. The van der Waals surface area contributed by atoms with E-state index >= 15 is 0 Å². The van der Waals surface area contributed by atoms with Crippen molar-refractivity contribution in [1.29, 1.82) is 0 Å². The van der Waals surface area contributed by atoms with E-state index in [9.17, 15) is 0 Å². The van der Waals surface area contributed by atoms with Gasteiger partial charge < -0.3 is 0 Å². The molecule has 2 heteroatoms. The van der Waals surface area contributed by atoms with Gasteiger partial charge in [-0.1, -0.05) is 30.3 Å². The van der Waals surface area contributed by atoms with Gasteiger partial charge in [0.05, 0.1) is 0 Å². The summed E-state index contributed by atoms with van der Waals surface area (Å²) in [4.78, 5) is 0. The number of hydrogen-bond acceptors (Lipinski definition) is 0. The molecular formula is C8H12Cl2. The van der Waals surface area contributed by atoms with E-state index in [1.54, 1.807) is 0 Å². The summed E-state index contributed by atoms with van der Waals surface area (Å²) < 4.78 is 0. The summed E-state index contributed by atoms with van der Waals surface area (Å²) in [6, 6.07) is 0. The normalized spacial score (nSPS) is 10.6. The van der Waals surface area contributed by atoms with Gasteiger partial charge >= 0.3 is 0 Å². The molecule has 0 aliphatic heterocycles. The minimum absolute atomic E-state index is 0.683. The third-order valence-electron chi connectivity index (χ3n) is 1.01. The minimum atomic E-state index is 0.683. The first kappa shape index (κ1) is 10.1. The van der Waals surface area contributed by atoms with Gasteiger partial charge in [0.2, 0.25) is 0 Å². The van der Waals surface area contributed by atoms with Crippen LogP contribution >= 0.6 is 23.2 Å². The van der Waals surface area contributed by atoms with E-state index in [1.165, 1.54) is 0 Å². The molecule has 0 aromatic carbocycles. The second-order valence-corrected chi connectivity index (χ2v) is 2.94. The van der Waals surface area contributed by atoms with Crippen molar-refractivity contribution in [3.05, 3.63) is 23.8 Å². The predicted molar refractivity (Wildman–Crippen MR) is 48.7 cm³/mol. The van der Waals surface area contributed by atoms with Crippen LogP contribution in [0.25, 0.3) is 0 Å². The molecule has 0 amide bonds. The van der Waals surface area contributed by atoms with E-state index in [0.29, 0.717) is 5.03 Å². The van der Waals surface area contributed by atoms with Crippen LogP contribution in [0.3, 0.4) is 0 Å². The zero-order valence-corrected chi connectivity index (χ0v) is 7.46. The van der Waals surface area contributed by atoms with Crippen molar-refractivity contribution in [1.82, 2.24) is 0 Å². The first-order chi connectivity index (χ1) is 4.77. The van der Waals surface area contributed by atoms with Crippen molar-refractivity contribution in [2.45, 2.75) is 19.3 Å². The molecule has 0 aliphatic rings. The van der Waals surface area contributed by atoms with E-state index in [-0.39, 0.29) is 0 Å². The molecule has 0 fully saturated rings. The Hall–Kier alpha value is 0.0600. The average molecular weight is 179 g/mol. The van der Waals surface area contributed by atoms with Crippen LogP contribution in [0.5, 0.6) is 0 Å². The van der Waals surface area contributed by atoms with Gasteiger partial charge in [-0.05, 0) is 12.8 Å². The zero-order chi connectivity index (χ0) is 7.82. The monoisotopic (exact) mass is 178 g/mol. The molecule has 58 valence electrons. The Morgan fingerprint density at radius 1 is 1.40 bits per heavy atom. The van der Waals surface area contributed by atoms with Crippen molar-refractivity contribution < 1.29 is 0 Å². The standard InChI is InChI=1S/C8H12Cl2/c1-8(10)6-4-2-3-5-7-9/h2,4H,1,3,5-7H2/b4-2+. The van der Waals surface area contributed by atoms with Crippen molar-refractivity contribution in [2.75, 3.05) is 5.88 Å². The van der Waals surface area contributed by atoms with E-state index in [2.05, 4.69) is 12.7 Å². The molecule has 0 saturated heterocycles. The van der Waals surface area contributed by atoms with Crippen LogP contribution in [0, 0.1) is 0 Å². The molecule has 0 spiro atoms. The van der Waals surface area contributed by atoms with Gasteiger partial charge in [-0.3, -0.25) is 0 Å². The summed E-state index contributed by atoms with van der Waals surface area (Å²) in [5.74, 6) is 0.728. The molecular weight excluding hydrogens is 167 g/mol. The maximum atomic E-state index is 5.52. The number of rotatable bonds is 5. The van der Waals surface area contributed by atoms with Gasteiger partial charge in [0.25, 0.3) is 0 Å². The maximum absolute atomic E-state index is 5.52. The molecule has 0 heterocycles. The highest BCUT2D eigenvalue weighted by molar-refractivity contribution is 6.29. The Bertz CT molecular complexity index is 116. The van der Waals surface area contributed by atoms with Crippen molar-refractivity contribution >= 4 is 23.2 Å². The SMILES string of the molecule is C=C(Cl)C/C=C/CCCCl. The molecule has 0 rings (SSSR count). The van der Waals surface area contributed by atoms with Gasteiger partial charge in [-0.15, -0.1) is 11.6 Å². The molecule has 0 aliphatic carbocycles. The van der Waals surface area contributed by atoms with E-state index in [4.69, 9.17) is 23.2 Å². The Balaban J connectivity index is 3.12. The van der Waals surface area contributed by atoms with E-state index in [1.807, 2.05) is 6.08 Å². The third kappa shape index (κ3) is 8.06. The van der Waals surface area contributed by atoms with Gasteiger partial charge in [0, 0.05) is 17.3 Å². The first-order valence-electron chi connectivity index (χ1n) is 3.31. The van der Waals surface area contributed by atoms with Crippen LogP contribution in [0.2, 0.25) is 0 Å². The topological polar surface area (TPSA) is 0 Å². The summed E-state index contributed by atoms with van der Waals surface area (Å²) in [5.41, 5.74) is 0. The third-order valence-corrected chi connectivity index (χ3v) is 1.43. The number of allylic oxidation sites excluding steroid dienone is 3. The zero-order valence-electron chi connectivity index (χ0n) is 5.95. The smallest absolute Gasteiger partial charge is 0.0226 e. The van der Waals surface area contributed by atoms with E-state index < -0.39 is 0 Å². The number of hydrogen-bond donors (Lipinski definition) is 0. The number of unbranched alkanes of at least 4 members (excludes halogenated alkanes) is 1. The highest BCUT2D eigenvalue weighted by atomic mass is 35.5. The summed E-state index contributed by atoms with van der Waals surface area (Å²) in [6.07, 6.45) is 6.93. The van der Waals surface area contributed by atoms with Gasteiger partial charge in [0.1, 0.15) is 0 Å². The largest absolute Gasteiger partial charge is 0.127 e. The lowest BCUT2D eigenvalue weighted by Gasteiger charge is -1.87. The summed E-state index contributed by atoms with van der Waals surface area (Å²) >= 11 is 11.0. The molecule has 0 atom stereocenters. The molecule has 0 saturated carbocycles. The quantitative estimate of drug-likeness (QED) is 0.343. The second-order valence-electron chi connectivity index (χ2n) is 2.02. The molecule has 10 heavy (non-hydrogen) atoms. The Labute approximate surface area is 72.5 Å². The molecule has 0 unspecified atom stereocenters. The molecule has 0 bridgehead atoms. The molecule has 0 radical (unpaired) electrons. The maximum Gasteiger partial charge on any atom is 0.0226 e. The van der Waals surface area contributed by atoms with Crippen molar-refractivity contribution in [3.63, 3.8) is 0 Å². The summed E-state index contributed by atoms with van der Waals surface area (Å²) in [5, 5.41) is 0.683. The van der Waals surface area contributed by atoms with Crippen molar-refractivity contribution in [2.24, 2.45) is 0 Å². The van der Waals surface area contributed by atoms with Crippen LogP contribution in [-0.2, 0) is 0 Å². The lowest BCUT2D eigenvalue weighted by atomic mass is 10.3. The van der Waals surface area contributed by atoms with Crippen LogP contribution < -0.4 is 0 Å². The fraction of sp³-hybridized carbons (Fsp3) is 0.500. The van der Waals surface area contributed by atoms with Gasteiger partial charge in [0.15, 0.2) is 0 Å². The minimum Gasteiger partial charge on any atom is -0.127 e. The Morgan fingerprint density at radius 3 is 2.60 bits per heavy atom. The fourth-order valence-electron chi connectivity index (χ4n) is 0.524. The first-order valence-corrected chi connectivity index (χ1v) is 4.23. The number of halogens is 2. The Morgan fingerprint density at radius 2 is 2.10 bits per heavy atom. The molecule has 0 aromatic rings. The van der Waals surface area contributed by atoms with Crippen LogP contribution in [0.15, 0.2) is 23.8 Å². The molecule has 0 nitrogen and oxygen atoms in total. The van der Waals surface area contributed by atoms with Crippen LogP contribution in [0.1, 0.15) is 19.3 Å². The van der Waals surface area contributed by atoms with Gasteiger partial charge in [-0.2, -0.15) is 0 Å². The molecule has 0 aromatic heterocycles. The summed E-state index contributed by atoms with van der Waals surface area (Å²) in [7, 11) is 0. The Kier molecular flexibility index (Phi) is 7.21. The van der Waals surface area contributed by atoms with Crippen LogP contribution in [-0.4, -0.2) is 5.88 Å². The highest BCUT2D eigenvalue weighted by Crippen LogP contribution is 2.04. The van der Waals surface area contributed by atoms with E-state index in [0.717, 1.165) is 25.1 Å². The van der Waals surface area contributed by atoms with Gasteiger partial charge in [-0.25, -0.2) is 0 Å². The fourth-order valence-corrected chi connectivity index (χ4v) is 0.767. The van der Waals surface area contributed by atoms with Crippen LogP contribution in [0.4, 0.5) is 0 Å².